The molecule has 0 aliphatic heterocycles. The van der Waals surface area contributed by atoms with Crippen LogP contribution in [0.15, 0.2) is 48.7 Å². The second-order valence-corrected chi connectivity index (χ2v) is 4.78. The highest BCUT2D eigenvalue weighted by Gasteiger charge is 2.03. The number of rotatable bonds is 4. The van der Waals surface area contributed by atoms with Crippen molar-refractivity contribution < 1.29 is 9.59 Å². The van der Waals surface area contributed by atoms with Crippen LogP contribution < -0.4 is 10.6 Å². The third-order valence-corrected chi connectivity index (χ3v) is 3.03. The first-order valence-electron chi connectivity index (χ1n) is 6.51. The van der Waals surface area contributed by atoms with Gasteiger partial charge in [0.2, 0.25) is 5.91 Å². The summed E-state index contributed by atoms with van der Waals surface area (Å²) in [5.74, 6) is -0.451. The Morgan fingerprint density at radius 1 is 1.18 bits per heavy atom. The molecule has 112 valence electrons. The highest BCUT2D eigenvalue weighted by molar-refractivity contribution is 6.29. The predicted molar refractivity (Wildman–Crippen MR) is 86.7 cm³/mol. The molecule has 0 saturated heterocycles. The van der Waals surface area contributed by atoms with E-state index >= 15 is 0 Å². The Balaban J connectivity index is 1.98. The predicted octanol–water partition coefficient (Wildman–Crippen LogP) is 2.75. The second kappa shape index (κ2) is 7.38. The third-order valence-electron chi connectivity index (χ3n) is 2.82. The first-order chi connectivity index (χ1) is 10.6. The monoisotopic (exact) mass is 315 g/mol. The molecule has 2 aromatic rings. The van der Waals surface area contributed by atoms with Gasteiger partial charge in [0.15, 0.2) is 0 Å². The summed E-state index contributed by atoms with van der Waals surface area (Å²) >= 11 is 5.76. The summed E-state index contributed by atoms with van der Waals surface area (Å²) in [4.78, 5) is 27.1. The van der Waals surface area contributed by atoms with Gasteiger partial charge in [-0.3, -0.25) is 9.59 Å². The molecular formula is C16H14ClN3O2. The number of aromatic nitrogens is 1. The maximum atomic E-state index is 11.8. The number of carbonyl (C=O) groups excluding carboxylic acids is 2. The zero-order chi connectivity index (χ0) is 15.9. The summed E-state index contributed by atoms with van der Waals surface area (Å²) < 4.78 is 0. The zero-order valence-electron chi connectivity index (χ0n) is 11.8. The summed E-state index contributed by atoms with van der Waals surface area (Å²) in [5.41, 5.74) is 1.92. The van der Waals surface area contributed by atoms with E-state index in [-0.39, 0.29) is 11.8 Å². The maximum Gasteiger partial charge on any atom is 0.251 e. The summed E-state index contributed by atoms with van der Waals surface area (Å²) in [6.07, 6.45) is 4.61. The fraction of sp³-hybridized carbons (Fsp3) is 0.0625. The molecule has 2 N–H and O–H groups in total. The highest BCUT2D eigenvalue weighted by Crippen LogP contribution is 2.11. The minimum atomic E-state index is -0.277. The van der Waals surface area contributed by atoms with Crippen LogP contribution in [-0.4, -0.2) is 23.8 Å². The molecular weight excluding hydrogens is 302 g/mol. The van der Waals surface area contributed by atoms with Crippen LogP contribution in [0.2, 0.25) is 5.15 Å². The Morgan fingerprint density at radius 3 is 2.55 bits per heavy atom. The van der Waals surface area contributed by atoms with E-state index in [1.165, 1.54) is 6.08 Å². The van der Waals surface area contributed by atoms with Gasteiger partial charge in [-0.25, -0.2) is 4.98 Å². The Bertz CT molecular complexity index is 712. The topological polar surface area (TPSA) is 71.1 Å². The first kappa shape index (κ1) is 15.7. The standard InChI is InChI=1S/C16H14ClN3O2/c1-18-16(22)12-3-5-13(6-4-12)20-15(21)7-2-11-8-9-19-14(17)10-11/h2-10H,1H3,(H,18,22)(H,20,21)/b7-2+. The SMILES string of the molecule is CNC(=O)c1ccc(NC(=O)/C=C/c2ccnc(Cl)c2)cc1. The van der Waals surface area contributed by atoms with Crippen LogP contribution in [-0.2, 0) is 4.79 Å². The molecule has 2 amide bonds. The van der Waals surface area contributed by atoms with Gasteiger partial charge in [0.25, 0.3) is 5.91 Å². The molecule has 0 atom stereocenters. The molecule has 0 unspecified atom stereocenters. The average Bonchev–Trinajstić information content (AvgIpc) is 2.53. The highest BCUT2D eigenvalue weighted by atomic mass is 35.5. The first-order valence-corrected chi connectivity index (χ1v) is 6.89. The van der Waals surface area contributed by atoms with E-state index in [1.54, 1.807) is 55.7 Å². The largest absolute Gasteiger partial charge is 0.355 e. The van der Waals surface area contributed by atoms with Gasteiger partial charge in [-0.15, -0.1) is 0 Å². The summed E-state index contributed by atoms with van der Waals surface area (Å²) in [5, 5.41) is 5.60. The van der Waals surface area contributed by atoms with Gasteiger partial charge in [0.1, 0.15) is 5.15 Å². The molecule has 0 radical (unpaired) electrons. The van der Waals surface area contributed by atoms with Crippen LogP contribution in [0.3, 0.4) is 0 Å². The van der Waals surface area contributed by atoms with Gasteiger partial charge in [-0.1, -0.05) is 11.6 Å². The molecule has 1 heterocycles. The fourth-order valence-corrected chi connectivity index (χ4v) is 1.91. The van der Waals surface area contributed by atoms with E-state index in [9.17, 15) is 9.59 Å². The van der Waals surface area contributed by atoms with Crippen LogP contribution in [0.4, 0.5) is 5.69 Å². The molecule has 0 fully saturated rings. The smallest absolute Gasteiger partial charge is 0.251 e. The summed E-state index contributed by atoms with van der Waals surface area (Å²) in [7, 11) is 1.56. The van der Waals surface area contributed by atoms with Crippen molar-refractivity contribution in [3.05, 3.63) is 65.0 Å². The lowest BCUT2D eigenvalue weighted by Crippen LogP contribution is -2.17. The van der Waals surface area contributed by atoms with Gasteiger partial charge in [0.05, 0.1) is 0 Å². The molecule has 0 aliphatic rings. The lowest BCUT2D eigenvalue weighted by Gasteiger charge is -2.04. The Hall–Kier alpha value is -2.66. The van der Waals surface area contributed by atoms with E-state index in [2.05, 4.69) is 15.6 Å². The van der Waals surface area contributed by atoms with Crippen LogP contribution in [0.5, 0.6) is 0 Å². The summed E-state index contributed by atoms with van der Waals surface area (Å²) in [6.45, 7) is 0. The van der Waals surface area contributed by atoms with Crippen molar-refractivity contribution in [3.63, 3.8) is 0 Å². The zero-order valence-corrected chi connectivity index (χ0v) is 12.6. The van der Waals surface area contributed by atoms with Crippen molar-refractivity contribution in [3.8, 4) is 0 Å². The number of anilines is 1. The van der Waals surface area contributed by atoms with Crippen molar-refractivity contribution in [2.75, 3.05) is 12.4 Å². The third kappa shape index (κ3) is 4.43. The van der Waals surface area contributed by atoms with Crippen molar-refractivity contribution >= 4 is 35.2 Å². The second-order valence-electron chi connectivity index (χ2n) is 4.39. The number of hydrogen-bond donors (Lipinski definition) is 2. The number of amides is 2. The van der Waals surface area contributed by atoms with E-state index < -0.39 is 0 Å². The van der Waals surface area contributed by atoms with Crippen LogP contribution in [0.1, 0.15) is 15.9 Å². The fourth-order valence-electron chi connectivity index (χ4n) is 1.73. The molecule has 1 aromatic carbocycles. The van der Waals surface area contributed by atoms with Crippen molar-refractivity contribution in [1.82, 2.24) is 10.3 Å². The molecule has 0 spiro atoms. The van der Waals surface area contributed by atoms with E-state index in [0.29, 0.717) is 16.4 Å². The molecule has 0 saturated carbocycles. The van der Waals surface area contributed by atoms with Crippen LogP contribution in [0, 0.1) is 0 Å². The number of nitrogens with one attached hydrogen (secondary N) is 2. The molecule has 22 heavy (non-hydrogen) atoms. The molecule has 1 aromatic heterocycles. The van der Waals surface area contributed by atoms with Crippen LogP contribution >= 0.6 is 11.6 Å². The van der Waals surface area contributed by atoms with E-state index in [0.717, 1.165) is 5.56 Å². The van der Waals surface area contributed by atoms with Crippen molar-refractivity contribution in [2.45, 2.75) is 0 Å². The number of benzene rings is 1. The Labute approximate surface area is 133 Å². The average molecular weight is 316 g/mol. The van der Waals surface area contributed by atoms with E-state index in [1.807, 2.05) is 0 Å². The van der Waals surface area contributed by atoms with Gasteiger partial charge >= 0.3 is 0 Å². The lowest BCUT2D eigenvalue weighted by molar-refractivity contribution is -0.111. The summed E-state index contributed by atoms with van der Waals surface area (Å²) in [6, 6.07) is 10.0. The van der Waals surface area contributed by atoms with Gasteiger partial charge < -0.3 is 10.6 Å². The van der Waals surface area contributed by atoms with Crippen molar-refractivity contribution in [2.24, 2.45) is 0 Å². The molecule has 0 aliphatic carbocycles. The molecule has 0 bridgehead atoms. The maximum absolute atomic E-state index is 11.8. The van der Waals surface area contributed by atoms with Gasteiger partial charge in [-0.05, 0) is 48.0 Å². The van der Waals surface area contributed by atoms with Gasteiger partial charge in [-0.2, -0.15) is 0 Å². The molecule has 2 rings (SSSR count). The molecule has 6 heteroatoms. The quantitative estimate of drug-likeness (QED) is 0.673. The number of halogens is 1. The van der Waals surface area contributed by atoms with Crippen molar-refractivity contribution in [1.29, 1.82) is 0 Å². The Morgan fingerprint density at radius 2 is 1.91 bits per heavy atom. The minimum Gasteiger partial charge on any atom is -0.355 e. The van der Waals surface area contributed by atoms with Crippen LogP contribution in [0.25, 0.3) is 6.08 Å². The van der Waals surface area contributed by atoms with Gasteiger partial charge in [0, 0.05) is 30.6 Å². The Kier molecular flexibility index (Phi) is 5.27. The minimum absolute atomic E-state index is 0.174. The number of pyridine rings is 1. The molecule has 5 nitrogen and oxygen atoms in total. The normalized spacial score (nSPS) is 10.5. The number of hydrogen-bond acceptors (Lipinski definition) is 3. The number of carbonyl (C=O) groups is 2. The number of nitrogens with zero attached hydrogens (tertiary/aromatic N) is 1. The lowest BCUT2D eigenvalue weighted by atomic mass is 10.2. The van der Waals surface area contributed by atoms with E-state index in [4.69, 9.17) is 11.6 Å².